The number of nitrogens with one attached hydrogen (secondary N) is 1. The van der Waals surface area contributed by atoms with Gasteiger partial charge >= 0.3 is 0 Å². The van der Waals surface area contributed by atoms with Crippen molar-refractivity contribution in [2.45, 2.75) is 85.9 Å². The quantitative estimate of drug-likeness (QED) is 0.773. The molecule has 0 saturated carbocycles. The van der Waals surface area contributed by atoms with E-state index in [1.807, 2.05) is 0 Å². The number of hydrogen-bond donors (Lipinski definition) is 2. The van der Waals surface area contributed by atoms with Crippen molar-refractivity contribution < 1.29 is 5.11 Å². The van der Waals surface area contributed by atoms with Crippen LogP contribution in [-0.2, 0) is 0 Å². The first-order valence-electron chi connectivity index (χ1n) is 6.94. The van der Waals surface area contributed by atoms with Gasteiger partial charge in [0.25, 0.3) is 0 Å². The standard InChI is InChI=1S/C15H33NO/c1-9-10-11(2)12(16-15(6,7)8)13(17)14(3,4)5/h11-13,16-17H,9-10H2,1-8H3. The minimum atomic E-state index is -0.316. The lowest BCUT2D eigenvalue weighted by Gasteiger charge is -2.40. The third kappa shape index (κ3) is 6.42. The second kappa shape index (κ2) is 6.19. The molecule has 2 N–H and O–H groups in total. The van der Waals surface area contributed by atoms with Crippen molar-refractivity contribution in [3.8, 4) is 0 Å². The fraction of sp³-hybridized carbons (Fsp3) is 1.00. The van der Waals surface area contributed by atoms with Crippen LogP contribution in [0, 0.1) is 11.3 Å². The molecule has 0 aliphatic carbocycles. The second-order valence-electron chi connectivity index (χ2n) is 7.50. The Kier molecular flexibility index (Phi) is 6.16. The highest BCUT2D eigenvalue weighted by Crippen LogP contribution is 2.28. The minimum absolute atomic E-state index is 0.0406. The van der Waals surface area contributed by atoms with Crippen LogP contribution in [0.4, 0.5) is 0 Å². The van der Waals surface area contributed by atoms with Gasteiger partial charge in [0.1, 0.15) is 0 Å². The average Bonchev–Trinajstić information content (AvgIpc) is 2.10. The van der Waals surface area contributed by atoms with Gasteiger partial charge in [0.15, 0.2) is 0 Å². The van der Waals surface area contributed by atoms with Crippen LogP contribution in [0.1, 0.15) is 68.2 Å². The topological polar surface area (TPSA) is 32.3 Å². The molecule has 0 bridgehead atoms. The van der Waals surface area contributed by atoms with Crippen molar-refractivity contribution in [1.29, 1.82) is 0 Å². The maximum absolute atomic E-state index is 10.5. The third-order valence-electron chi connectivity index (χ3n) is 3.18. The maximum atomic E-state index is 10.5. The van der Waals surface area contributed by atoms with Gasteiger partial charge < -0.3 is 10.4 Å². The van der Waals surface area contributed by atoms with Crippen molar-refractivity contribution >= 4 is 0 Å². The number of aliphatic hydroxyl groups excluding tert-OH is 1. The molecule has 2 nitrogen and oxygen atoms in total. The maximum Gasteiger partial charge on any atom is 0.0744 e. The Hall–Kier alpha value is -0.0800. The van der Waals surface area contributed by atoms with E-state index < -0.39 is 0 Å². The Morgan fingerprint density at radius 2 is 1.53 bits per heavy atom. The molecule has 104 valence electrons. The lowest BCUT2D eigenvalue weighted by atomic mass is 9.78. The lowest BCUT2D eigenvalue weighted by molar-refractivity contribution is 0.00206. The average molecular weight is 243 g/mol. The number of hydrogen-bond acceptors (Lipinski definition) is 2. The van der Waals surface area contributed by atoms with Gasteiger partial charge in [0.2, 0.25) is 0 Å². The molecule has 0 fully saturated rings. The molecule has 0 heterocycles. The largest absolute Gasteiger partial charge is 0.391 e. The highest BCUT2D eigenvalue weighted by Gasteiger charge is 2.35. The van der Waals surface area contributed by atoms with Crippen molar-refractivity contribution in [2.75, 3.05) is 0 Å². The molecule has 0 aromatic rings. The summed E-state index contributed by atoms with van der Waals surface area (Å²) in [7, 11) is 0. The van der Waals surface area contributed by atoms with E-state index in [2.05, 4.69) is 60.7 Å². The lowest BCUT2D eigenvalue weighted by Crippen LogP contribution is -2.56. The summed E-state index contributed by atoms with van der Waals surface area (Å²) in [4.78, 5) is 0. The SMILES string of the molecule is CCCC(C)C(NC(C)(C)C)C(O)C(C)(C)C. The van der Waals surface area contributed by atoms with E-state index in [1.54, 1.807) is 0 Å². The van der Waals surface area contributed by atoms with Gasteiger partial charge in [0, 0.05) is 11.6 Å². The van der Waals surface area contributed by atoms with Crippen LogP contribution < -0.4 is 5.32 Å². The van der Waals surface area contributed by atoms with Crippen LogP contribution in [0.15, 0.2) is 0 Å². The zero-order valence-corrected chi connectivity index (χ0v) is 13.1. The smallest absolute Gasteiger partial charge is 0.0744 e. The molecule has 0 spiro atoms. The van der Waals surface area contributed by atoms with Gasteiger partial charge in [-0.1, -0.05) is 41.0 Å². The van der Waals surface area contributed by atoms with E-state index in [9.17, 15) is 5.11 Å². The Morgan fingerprint density at radius 3 is 1.82 bits per heavy atom. The Bertz CT molecular complexity index is 212. The van der Waals surface area contributed by atoms with Crippen LogP contribution in [0.5, 0.6) is 0 Å². The van der Waals surface area contributed by atoms with Crippen molar-refractivity contribution in [3.63, 3.8) is 0 Å². The van der Waals surface area contributed by atoms with Gasteiger partial charge in [-0.15, -0.1) is 0 Å². The minimum Gasteiger partial charge on any atom is -0.391 e. The fourth-order valence-corrected chi connectivity index (χ4v) is 2.21. The van der Waals surface area contributed by atoms with Crippen molar-refractivity contribution in [1.82, 2.24) is 5.32 Å². The summed E-state index contributed by atoms with van der Waals surface area (Å²) < 4.78 is 0. The second-order valence-corrected chi connectivity index (χ2v) is 7.50. The first-order chi connectivity index (χ1) is 7.49. The molecule has 3 atom stereocenters. The molecule has 2 heteroatoms. The molecular formula is C15H33NO. The summed E-state index contributed by atoms with van der Waals surface area (Å²) >= 11 is 0. The fourth-order valence-electron chi connectivity index (χ4n) is 2.21. The van der Waals surface area contributed by atoms with Gasteiger partial charge in [-0.2, -0.15) is 0 Å². The van der Waals surface area contributed by atoms with Crippen molar-refractivity contribution in [3.05, 3.63) is 0 Å². The van der Waals surface area contributed by atoms with Gasteiger partial charge in [-0.05, 0) is 38.5 Å². The summed E-state index contributed by atoms with van der Waals surface area (Å²) in [6.07, 6.45) is 2.00. The monoisotopic (exact) mass is 243 g/mol. The van der Waals surface area contributed by atoms with Crippen LogP contribution in [0.2, 0.25) is 0 Å². The molecule has 0 aromatic carbocycles. The third-order valence-corrected chi connectivity index (χ3v) is 3.18. The Labute approximate surface area is 108 Å². The molecule has 0 aliphatic rings. The molecule has 0 aromatic heterocycles. The predicted molar refractivity (Wildman–Crippen MR) is 76.2 cm³/mol. The Morgan fingerprint density at radius 1 is 1.06 bits per heavy atom. The molecule has 0 amide bonds. The van der Waals surface area contributed by atoms with Gasteiger partial charge in [0.05, 0.1) is 6.10 Å². The highest BCUT2D eigenvalue weighted by molar-refractivity contribution is 4.91. The molecule has 0 rings (SSSR count). The van der Waals surface area contributed by atoms with E-state index in [1.165, 1.54) is 6.42 Å². The molecule has 17 heavy (non-hydrogen) atoms. The van der Waals surface area contributed by atoms with E-state index in [4.69, 9.17) is 0 Å². The van der Waals surface area contributed by atoms with Crippen molar-refractivity contribution in [2.24, 2.45) is 11.3 Å². The van der Waals surface area contributed by atoms with Crippen LogP contribution in [0.3, 0.4) is 0 Å². The van der Waals surface area contributed by atoms with Gasteiger partial charge in [-0.3, -0.25) is 0 Å². The Balaban J connectivity index is 4.85. The zero-order valence-electron chi connectivity index (χ0n) is 13.1. The first kappa shape index (κ1) is 16.9. The van der Waals surface area contributed by atoms with Crippen LogP contribution >= 0.6 is 0 Å². The summed E-state index contributed by atoms with van der Waals surface area (Å²) in [5.74, 6) is 0.494. The zero-order chi connectivity index (χ0) is 13.9. The summed E-state index contributed by atoms with van der Waals surface area (Å²) in [6, 6.07) is 0.162. The molecule has 0 aliphatic heterocycles. The normalized spacial score (nSPS) is 18.9. The first-order valence-corrected chi connectivity index (χ1v) is 6.94. The number of rotatable bonds is 5. The van der Waals surface area contributed by atoms with Gasteiger partial charge in [-0.25, -0.2) is 0 Å². The van der Waals surface area contributed by atoms with E-state index in [0.717, 1.165) is 6.42 Å². The molecular weight excluding hydrogens is 210 g/mol. The predicted octanol–water partition coefficient (Wildman–Crippen LogP) is 3.59. The summed E-state index contributed by atoms with van der Waals surface area (Å²) in [5, 5.41) is 14.1. The molecule has 0 saturated heterocycles. The molecule has 0 radical (unpaired) electrons. The van der Waals surface area contributed by atoms with E-state index >= 15 is 0 Å². The van der Waals surface area contributed by atoms with Crippen LogP contribution in [0.25, 0.3) is 0 Å². The van der Waals surface area contributed by atoms with Crippen LogP contribution in [-0.4, -0.2) is 22.8 Å². The van der Waals surface area contributed by atoms with E-state index in [-0.39, 0.29) is 23.1 Å². The molecule has 3 unspecified atom stereocenters. The van der Waals surface area contributed by atoms with E-state index in [0.29, 0.717) is 5.92 Å². The summed E-state index contributed by atoms with van der Waals surface area (Å²) in [5.41, 5.74) is -0.0379. The summed E-state index contributed by atoms with van der Waals surface area (Å²) in [6.45, 7) is 17.2. The highest BCUT2D eigenvalue weighted by atomic mass is 16.3. The number of aliphatic hydroxyl groups is 1.